The van der Waals surface area contributed by atoms with Crippen LogP contribution in [-0.2, 0) is 11.2 Å². The largest absolute Gasteiger partial charge is 0.494 e. The first-order valence-corrected chi connectivity index (χ1v) is 11.4. The number of anilines is 2. The van der Waals surface area contributed by atoms with E-state index in [0.29, 0.717) is 6.61 Å². The van der Waals surface area contributed by atoms with E-state index < -0.39 is 0 Å². The van der Waals surface area contributed by atoms with Crippen LogP contribution in [0, 0.1) is 0 Å². The fourth-order valence-electron chi connectivity index (χ4n) is 4.42. The molecule has 2 aromatic carbocycles. The number of nitrogens with zero attached hydrogens (tertiary/aromatic N) is 2. The average molecular weight is 435 g/mol. The molecule has 32 heavy (non-hydrogen) atoms. The first kappa shape index (κ1) is 20.8. The summed E-state index contributed by atoms with van der Waals surface area (Å²) in [7, 11) is 0. The zero-order valence-corrected chi connectivity index (χ0v) is 18.5. The fourth-order valence-corrected chi connectivity index (χ4v) is 4.42. The lowest BCUT2D eigenvalue weighted by molar-refractivity contribution is 0.0358. The lowest BCUT2D eigenvalue weighted by Crippen LogP contribution is -2.37. The van der Waals surface area contributed by atoms with Crippen LogP contribution in [0.25, 0.3) is 11.3 Å². The monoisotopic (exact) mass is 434 g/mol. The van der Waals surface area contributed by atoms with Crippen molar-refractivity contribution in [1.82, 2.24) is 15.1 Å². The molecular formula is C25H30N4O3. The number of aromatic amines is 1. The van der Waals surface area contributed by atoms with Gasteiger partial charge in [-0.05, 0) is 31.5 Å². The van der Waals surface area contributed by atoms with Gasteiger partial charge in [0.25, 0.3) is 0 Å². The van der Waals surface area contributed by atoms with Gasteiger partial charge in [0, 0.05) is 54.5 Å². The molecule has 0 radical (unpaired) electrons. The zero-order valence-electron chi connectivity index (χ0n) is 18.5. The van der Waals surface area contributed by atoms with Crippen molar-refractivity contribution in [2.24, 2.45) is 0 Å². The van der Waals surface area contributed by atoms with E-state index in [-0.39, 0.29) is 0 Å². The summed E-state index contributed by atoms with van der Waals surface area (Å²) < 4.78 is 17.2. The topological polar surface area (TPSA) is 71.6 Å². The van der Waals surface area contributed by atoms with Crippen molar-refractivity contribution >= 4 is 11.5 Å². The molecular weight excluding hydrogens is 404 g/mol. The zero-order chi connectivity index (χ0) is 21.8. The third-order valence-corrected chi connectivity index (χ3v) is 6.01. The van der Waals surface area contributed by atoms with Gasteiger partial charge in [-0.2, -0.15) is 5.10 Å². The Morgan fingerprint density at radius 1 is 1.09 bits per heavy atom. The van der Waals surface area contributed by atoms with Crippen LogP contribution in [0.15, 0.2) is 42.5 Å². The van der Waals surface area contributed by atoms with Crippen LogP contribution in [0.1, 0.15) is 24.5 Å². The number of ether oxygens (including phenoxy) is 3. The van der Waals surface area contributed by atoms with E-state index in [2.05, 4.69) is 38.6 Å². The van der Waals surface area contributed by atoms with Crippen molar-refractivity contribution in [1.29, 1.82) is 0 Å². The van der Waals surface area contributed by atoms with E-state index in [0.717, 1.165) is 81.0 Å². The SMILES string of the molecule is CCOc1cccc(Nc2n[nH]c3c2Cc2c(OCCCN4CCOCC4)cccc2-3)c1. The molecule has 1 aromatic heterocycles. The van der Waals surface area contributed by atoms with Crippen LogP contribution in [-0.4, -0.2) is 61.2 Å². The summed E-state index contributed by atoms with van der Waals surface area (Å²) in [5.74, 6) is 2.67. The summed E-state index contributed by atoms with van der Waals surface area (Å²) in [4.78, 5) is 2.44. The lowest BCUT2D eigenvalue weighted by Gasteiger charge is -2.26. The average Bonchev–Trinajstić information content (AvgIpc) is 3.38. The standard InChI is InChI=1S/C25H30N4O3/c1-2-31-19-7-3-6-18(16-19)26-25-22-17-21-20(24(22)27-28-25)8-4-9-23(21)32-13-5-10-29-11-14-30-15-12-29/h3-4,6-9,16H,2,5,10-15,17H2,1H3,(H2,26,27,28). The van der Waals surface area contributed by atoms with Crippen LogP contribution in [0.4, 0.5) is 11.5 Å². The van der Waals surface area contributed by atoms with Crippen molar-refractivity contribution in [2.75, 3.05) is 51.4 Å². The molecule has 168 valence electrons. The van der Waals surface area contributed by atoms with Gasteiger partial charge >= 0.3 is 0 Å². The molecule has 0 atom stereocenters. The minimum absolute atomic E-state index is 0.645. The van der Waals surface area contributed by atoms with Gasteiger partial charge in [0.2, 0.25) is 0 Å². The third kappa shape index (κ3) is 4.45. The van der Waals surface area contributed by atoms with Crippen molar-refractivity contribution in [3.05, 3.63) is 53.6 Å². The van der Waals surface area contributed by atoms with Crippen molar-refractivity contribution in [3.8, 4) is 22.8 Å². The number of rotatable bonds is 9. The van der Waals surface area contributed by atoms with E-state index in [1.807, 2.05) is 31.2 Å². The third-order valence-electron chi connectivity index (χ3n) is 6.01. The second kappa shape index (κ2) is 9.63. The van der Waals surface area contributed by atoms with Gasteiger partial charge in [-0.1, -0.05) is 18.2 Å². The van der Waals surface area contributed by atoms with Gasteiger partial charge in [0.1, 0.15) is 11.5 Å². The van der Waals surface area contributed by atoms with Crippen LogP contribution >= 0.6 is 0 Å². The van der Waals surface area contributed by atoms with E-state index >= 15 is 0 Å². The van der Waals surface area contributed by atoms with Crippen LogP contribution in [0.2, 0.25) is 0 Å². The molecule has 1 aliphatic heterocycles. The van der Waals surface area contributed by atoms with Gasteiger partial charge in [-0.25, -0.2) is 0 Å². The summed E-state index contributed by atoms with van der Waals surface area (Å²) in [5.41, 5.74) is 5.61. The maximum absolute atomic E-state index is 6.21. The molecule has 3 aromatic rings. The molecule has 0 amide bonds. The van der Waals surface area contributed by atoms with Gasteiger partial charge in [-0.3, -0.25) is 10.00 Å². The summed E-state index contributed by atoms with van der Waals surface area (Å²) in [6.45, 7) is 8.12. The molecule has 1 saturated heterocycles. The summed E-state index contributed by atoms with van der Waals surface area (Å²) >= 11 is 0. The minimum Gasteiger partial charge on any atom is -0.494 e. The molecule has 0 bridgehead atoms. The summed E-state index contributed by atoms with van der Waals surface area (Å²) in [6.07, 6.45) is 1.81. The molecule has 5 rings (SSSR count). The Morgan fingerprint density at radius 3 is 2.84 bits per heavy atom. The Hall–Kier alpha value is -3.03. The van der Waals surface area contributed by atoms with E-state index in [4.69, 9.17) is 14.2 Å². The highest BCUT2D eigenvalue weighted by Gasteiger charge is 2.27. The number of benzene rings is 2. The highest BCUT2D eigenvalue weighted by atomic mass is 16.5. The first-order valence-electron chi connectivity index (χ1n) is 11.4. The number of hydrogen-bond donors (Lipinski definition) is 2. The Labute approximate surface area is 188 Å². The maximum Gasteiger partial charge on any atom is 0.156 e. The summed E-state index contributed by atoms with van der Waals surface area (Å²) in [6, 6.07) is 14.2. The van der Waals surface area contributed by atoms with Crippen molar-refractivity contribution in [3.63, 3.8) is 0 Å². The predicted octanol–water partition coefficient (Wildman–Crippen LogP) is 4.22. The molecule has 2 N–H and O–H groups in total. The molecule has 0 saturated carbocycles. The quantitative estimate of drug-likeness (QED) is 0.384. The lowest BCUT2D eigenvalue weighted by atomic mass is 10.1. The molecule has 7 heteroatoms. The van der Waals surface area contributed by atoms with E-state index in [1.54, 1.807) is 0 Å². The van der Waals surface area contributed by atoms with Crippen LogP contribution in [0.3, 0.4) is 0 Å². The van der Waals surface area contributed by atoms with Crippen LogP contribution in [0.5, 0.6) is 11.5 Å². The number of nitrogens with one attached hydrogen (secondary N) is 2. The highest BCUT2D eigenvalue weighted by molar-refractivity contribution is 5.81. The van der Waals surface area contributed by atoms with Gasteiger partial charge in [-0.15, -0.1) is 0 Å². The second-order valence-electron chi connectivity index (χ2n) is 8.13. The molecule has 2 heterocycles. The normalized spacial score (nSPS) is 15.3. The van der Waals surface area contributed by atoms with Crippen molar-refractivity contribution in [2.45, 2.75) is 19.8 Å². The van der Waals surface area contributed by atoms with E-state index in [9.17, 15) is 0 Å². The number of hydrogen-bond acceptors (Lipinski definition) is 6. The number of fused-ring (bicyclic) bond motifs is 3. The molecule has 1 fully saturated rings. The number of aromatic nitrogens is 2. The Morgan fingerprint density at radius 2 is 1.97 bits per heavy atom. The minimum atomic E-state index is 0.645. The first-order chi connectivity index (χ1) is 15.8. The second-order valence-corrected chi connectivity index (χ2v) is 8.13. The van der Waals surface area contributed by atoms with Crippen molar-refractivity contribution < 1.29 is 14.2 Å². The molecule has 0 unspecified atom stereocenters. The highest BCUT2D eigenvalue weighted by Crippen LogP contribution is 2.43. The fraction of sp³-hybridized carbons (Fsp3) is 0.400. The number of H-pyrrole nitrogens is 1. The molecule has 0 spiro atoms. The maximum atomic E-state index is 6.21. The Balaban J connectivity index is 1.24. The Kier molecular flexibility index (Phi) is 6.27. The summed E-state index contributed by atoms with van der Waals surface area (Å²) in [5, 5.41) is 11.2. The number of morpholine rings is 1. The Bertz CT molecular complexity index is 1060. The van der Waals surface area contributed by atoms with Gasteiger partial charge in [0.05, 0.1) is 32.1 Å². The molecule has 7 nitrogen and oxygen atoms in total. The smallest absolute Gasteiger partial charge is 0.156 e. The van der Waals surface area contributed by atoms with Crippen LogP contribution < -0.4 is 14.8 Å². The van der Waals surface area contributed by atoms with Gasteiger partial charge in [0.15, 0.2) is 5.82 Å². The molecule has 2 aliphatic rings. The molecule has 1 aliphatic carbocycles. The predicted molar refractivity (Wildman–Crippen MR) is 125 cm³/mol. The van der Waals surface area contributed by atoms with E-state index in [1.165, 1.54) is 16.7 Å². The van der Waals surface area contributed by atoms with Gasteiger partial charge < -0.3 is 19.5 Å².